The van der Waals surface area contributed by atoms with Crippen LogP contribution in [0, 0.1) is 5.92 Å². The standard InChI is InChI=1S/C28H28N2O7/c1-5-36-19-13-11-17(12-14-19)29-27(31)24-25(20-15-22(34-3)23(35-4)16-21(20)33-2)30(37-26(24)28(29)32)18-9-7-6-8-10-18/h6-16,24-26H,5H2,1-4H3/t24-,25+,26+/m1/s1. The lowest BCUT2D eigenvalue weighted by atomic mass is 9.89. The van der Waals surface area contributed by atoms with E-state index in [0.29, 0.717) is 46.5 Å². The van der Waals surface area contributed by atoms with Crippen molar-refractivity contribution in [3.05, 3.63) is 72.3 Å². The van der Waals surface area contributed by atoms with Gasteiger partial charge in [0.1, 0.15) is 23.5 Å². The van der Waals surface area contributed by atoms with E-state index in [9.17, 15) is 9.59 Å². The fraction of sp³-hybridized carbons (Fsp3) is 0.286. The van der Waals surface area contributed by atoms with Crippen molar-refractivity contribution < 1.29 is 33.4 Å². The normalized spacial score (nSPS) is 20.7. The average molecular weight is 505 g/mol. The second-order valence-electron chi connectivity index (χ2n) is 8.55. The molecule has 9 heteroatoms. The van der Waals surface area contributed by atoms with Crippen molar-refractivity contribution >= 4 is 23.2 Å². The summed E-state index contributed by atoms with van der Waals surface area (Å²) in [5.41, 5.74) is 1.79. The van der Waals surface area contributed by atoms with Crippen LogP contribution in [0.4, 0.5) is 11.4 Å². The molecule has 2 heterocycles. The molecule has 9 nitrogen and oxygen atoms in total. The number of rotatable bonds is 8. The molecule has 5 rings (SSSR count). The van der Waals surface area contributed by atoms with Gasteiger partial charge in [-0.25, -0.2) is 9.96 Å². The summed E-state index contributed by atoms with van der Waals surface area (Å²) in [6, 6.07) is 19.0. The molecule has 2 saturated heterocycles. The summed E-state index contributed by atoms with van der Waals surface area (Å²) in [7, 11) is 4.61. The van der Waals surface area contributed by atoms with E-state index >= 15 is 0 Å². The number of hydrogen-bond acceptors (Lipinski definition) is 8. The van der Waals surface area contributed by atoms with Crippen LogP contribution in [0.25, 0.3) is 0 Å². The summed E-state index contributed by atoms with van der Waals surface area (Å²) in [5.74, 6) is 0.467. The van der Waals surface area contributed by atoms with Crippen LogP contribution in [0.15, 0.2) is 66.7 Å². The minimum absolute atomic E-state index is 0.362. The number of amides is 2. The summed E-state index contributed by atoms with van der Waals surface area (Å²) < 4.78 is 22.2. The SMILES string of the molecule is CCOc1ccc(N2C(=O)[C@H]3[C@H](ON(c4ccccc4)[C@H]3c3cc(OC)c(OC)cc3OC)C2=O)cc1. The van der Waals surface area contributed by atoms with Crippen LogP contribution in [-0.4, -0.2) is 45.9 Å². The van der Waals surface area contributed by atoms with E-state index in [4.69, 9.17) is 23.8 Å². The van der Waals surface area contributed by atoms with Gasteiger partial charge in [-0.15, -0.1) is 0 Å². The molecular weight excluding hydrogens is 476 g/mol. The first kappa shape index (κ1) is 24.5. The Kier molecular flexibility index (Phi) is 6.62. The smallest absolute Gasteiger partial charge is 0.266 e. The minimum Gasteiger partial charge on any atom is -0.496 e. The molecule has 3 aromatic carbocycles. The van der Waals surface area contributed by atoms with Gasteiger partial charge >= 0.3 is 0 Å². The zero-order valence-electron chi connectivity index (χ0n) is 21.0. The molecule has 3 aromatic rings. The molecule has 2 aliphatic heterocycles. The van der Waals surface area contributed by atoms with E-state index < -0.39 is 24.0 Å². The minimum atomic E-state index is -1.01. The van der Waals surface area contributed by atoms with Gasteiger partial charge in [-0.3, -0.25) is 14.4 Å². The third-order valence-corrected chi connectivity index (χ3v) is 6.59. The van der Waals surface area contributed by atoms with E-state index in [1.807, 2.05) is 37.3 Å². The van der Waals surface area contributed by atoms with Gasteiger partial charge < -0.3 is 18.9 Å². The van der Waals surface area contributed by atoms with Crippen molar-refractivity contribution in [3.63, 3.8) is 0 Å². The van der Waals surface area contributed by atoms with Crippen molar-refractivity contribution in [2.24, 2.45) is 5.92 Å². The van der Waals surface area contributed by atoms with Crippen molar-refractivity contribution in [1.29, 1.82) is 0 Å². The first-order valence-corrected chi connectivity index (χ1v) is 11.9. The summed E-state index contributed by atoms with van der Waals surface area (Å²) >= 11 is 0. The molecule has 2 fully saturated rings. The molecule has 0 N–H and O–H groups in total. The molecule has 2 amide bonds. The number of imide groups is 1. The number of hydroxylamine groups is 1. The van der Waals surface area contributed by atoms with Gasteiger partial charge in [-0.05, 0) is 49.4 Å². The number of ether oxygens (including phenoxy) is 4. The van der Waals surface area contributed by atoms with Gasteiger partial charge in [-0.1, -0.05) is 18.2 Å². The first-order chi connectivity index (χ1) is 18.0. The molecule has 0 aromatic heterocycles. The lowest BCUT2D eigenvalue weighted by Gasteiger charge is -2.30. The number of anilines is 2. The molecule has 2 aliphatic rings. The van der Waals surface area contributed by atoms with Crippen LogP contribution < -0.4 is 28.9 Å². The molecule has 0 bridgehead atoms. The van der Waals surface area contributed by atoms with Crippen molar-refractivity contribution in [3.8, 4) is 23.0 Å². The zero-order valence-corrected chi connectivity index (χ0v) is 21.0. The van der Waals surface area contributed by atoms with Crippen LogP contribution in [0.1, 0.15) is 18.5 Å². The van der Waals surface area contributed by atoms with Crippen LogP contribution in [-0.2, 0) is 14.4 Å². The van der Waals surface area contributed by atoms with E-state index in [2.05, 4.69) is 0 Å². The molecule has 0 aliphatic carbocycles. The number of carbonyl (C=O) groups is 2. The van der Waals surface area contributed by atoms with Gasteiger partial charge in [0.25, 0.3) is 5.91 Å². The van der Waals surface area contributed by atoms with Gasteiger partial charge in [0.2, 0.25) is 5.91 Å². The Balaban J connectivity index is 1.61. The molecule has 37 heavy (non-hydrogen) atoms. The Morgan fingerprint density at radius 3 is 2.05 bits per heavy atom. The molecule has 0 radical (unpaired) electrons. The molecule has 0 unspecified atom stereocenters. The zero-order chi connectivity index (χ0) is 26.1. The van der Waals surface area contributed by atoms with Crippen LogP contribution in [0.3, 0.4) is 0 Å². The van der Waals surface area contributed by atoms with Gasteiger partial charge in [-0.2, -0.15) is 0 Å². The van der Waals surface area contributed by atoms with E-state index in [0.717, 1.165) is 0 Å². The van der Waals surface area contributed by atoms with Gasteiger partial charge in [0, 0.05) is 11.6 Å². The lowest BCUT2D eigenvalue weighted by Crippen LogP contribution is -2.37. The van der Waals surface area contributed by atoms with E-state index in [1.165, 1.54) is 19.1 Å². The summed E-state index contributed by atoms with van der Waals surface area (Å²) in [6.07, 6.45) is -1.01. The number of fused-ring (bicyclic) bond motifs is 1. The third-order valence-electron chi connectivity index (χ3n) is 6.59. The topological polar surface area (TPSA) is 86.8 Å². The number of para-hydroxylation sites is 1. The number of carbonyl (C=O) groups excluding carboxylic acids is 2. The van der Waals surface area contributed by atoms with E-state index in [1.54, 1.807) is 48.6 Å². The average Bonchev–Trinajstić information content (AvgIpc) is 3.44. The Morgan fingerprint density at radius 2 is 1.43 bits per heavy atom. The van der Waals surface area contributed by atoms with Gasteiger partial charge in [0.15, 0.2) is 17.6 Å². The lowest BCUT2D eigenvalue weighted by molar-refractivity contribution is -0.126. The number of methoxy groups -OCH3 is 3. The summed E-state index contributed by atoms with van der Waals surface area (Å²) in [4.78, 5) is 34.9. The summed E-state index contributed by atoms with van der Waals surface area (Å²) in [6.45, 7) is 2.41. The van der Waals surface area contributed by atoms with Crippen molar-refractivity contribution in [1.82, 2.24) is 0 Å². The van der Waals surface area contributed by atoms with Crippen molar-refractivity contribution in [2.75, 3.05) is 37.9 Å². The molecule has 0 spiro atoms. The molecule has 3 atom stereocenters. The molecule has 0 saturated carbocycles. The van der Waals surface area contributed by atoms with Gasteiger partial charge in [0.05, 0.1) is 39.3 Å². The Hall–Kier alpha value is -4.24. The van der Waals surface area contributed by atoms with Crippen LogP contribution in [0.5, 0.6) is 23.0 Å². The highest BCUT2D eigenvalue weighted by atomic mass is 16.7. The Bertz CT molecular complexity index is 1300. The maximum atomic E-state index is 13.9. The highest BCUT2D eigenvalue weighted by Crippen LogP contribution is 2.51. The second-order valence-corrected chi connectivity index (χ2v) is 8.55. The quantitative estimate of drug-likeness (QED) is 0.423. The van der Waals surface area contributed by atoms with Crippen LogP contribution >= 0.6 is 0 Å². The second kappa shape index (κ2) is 10.0. The Labute approximate surface area is 215 Å². The molecular formula is C28H28N2O7. The monoisotopic (exact) mass is 504 g/mol. The fourth-order valence-corrected chi connectivity index (χ4v) is 4.93. The Morgan fingerprint density at radius 1 is 0.784 bits per heavy atom. The number of hydrogen-bond donors (Lipinski definition) is 0. The van der Waals surface area contributed by atoms with Crippen LogP contribution in [0.2, 0.25) is 0 Å². The number of benzene rings is 3. The highest BCUT2D eigenvalue weighted by molar-refractivity contribution is 6.24. The third kappa shape index (κ3) is 4.11. The molecule has 192 valence electrons. The summed E-state index contributed by atoms with van der Waals surface area (Å²) in [5, 5.41) is 1.62. The number of nitrogens with zero attached hydrogens (tertiary/aromatic N) is 2. The predicted molar refractivity (Wildman–Crippen MR) is 136 cm³/mol. The highest BCUT2D eigenvalue weighted by Gasteiger charge is 2.61. The first-order valence-electron chi connectivity index (χ1n) is 11.9. The van der Waals surface area contributed by atoms with E-state index in [-0.39, 0.29) is 5.91 Å². The largest absolute Gasteiger partial charge is 0.496 e. The fourth-order valence-electron chi connectivity index (χ4n) is 4.93. The predicted octanol–water partition coefficient (Wildman–Crippen LogP) is 4.16. The van der Waals surface area contributed by atoms with Crippen molar-refractivity contribution in [2.45, 2.75) is 19.1 Å². The maximum Gasteiger partial charge on any atom is 0.266 e. The maximum absolute atomic E-state index is 13.9.